The molecule has 0 spiro atoms. The summed E-state index contributed by atoms with van der Waals surface area (Å²) in [7, 11) is 0. The van der Waals surface area contributed by atoms with Gasteiger partial charge in [0.25, 0.3) is 0 Å². The second kappa shape index (κ2) is 6.95. The number of rotatable bonds is 7. The molecule has 0 unspecified atom stereocenters. The quantitative estimate of drug-likeness (QED) is 0.551. The molecule has 80 valence electrons. The molecular weight excluding hydrogens is 203 g/mol. The van der Waals surface area contributed by atoms with Gasteiger partial charge in [0.15, 0.2) is 0 Å². The van der Waals surface area contributed by atoms with Crippen molar-refractivity contribution in [2.24, 2.45) is 11.3 Å². The number of hydrogen-bond acceptors (Lipinski definition) is 0. The first-order valence-electron chi connectivity index (χ1n) is 5.22. The average Bonchev–Trinajstić information content (AvgIpc) is 2.12. The van der Waals surface area contributed by atoms with Crippen LogP contribution in [0.15, 0.2) is 0 Å². The summed E-state index contributed by atoms with van der Waals surface area (Å²) in [5.74, 6) is 2.16. The topological polar surface area (TPSA) is 0 Å². The van der Waals surface area contributed by atoms with Crippen LogP contribution in [-0.2, 0) is 0 Å². The van der Waals surface area contributed by atoms with Crippen LogP contribution in [0.1, 0.15) is 46.5 Å². The van der Waals surface area contributed by atoms with Crippen LogP contribution in [0.2, 0.25) is 0 Å². The van der Waals surface area contributed by atoms with E-state index < -0.39 is 0 Å². The van der Waals surface area contributed by atoms with E-state index in [4.69, 9.17) is 23.2 Å². The van der Waals surface area contributed by atoms with Crippen LogP contribution in [0.3, 0.4) is 0 Å². The van der Waals surface area contributed by atoms with Crippen molar-refractivity contribution in [3.05, 3.63) is 0 Å². The molecule has 0 saturated carbocycles. The molecule has 0 aliphatic heterocycles. The number of alkyl halides is 2. The maximum atomic E-state index is 6.00. The Kier molecular flexibility index (Phi) is 7.26. The van der Waals surface area contributed by atoms with Gasteiger partial charge < -0.3 is 0 Å². The van der Waals surface area contributed by atoms with Crippen LogP contribution < -0.4 is 0 Å². The van der Waals surface area contributed by atoms with E-state index in [9.17, 15) is 0 Å². The second-order valence-electron chi connectivity index (χ2n) is 4.45. The van der Waals surface area contributed by atoms with Crippen LogP contribution in [0, 0.1) is 11.3 Å². The van der Waals surface area contributed by atoms with Gasteiger partial charge in [-0.3, -0.25) is 0 Å². The van der Waals surface area contributed by atoms with E-state index in [2.05, 4.69) is 20.8 Å². The van der Waals surface area contributed by atoms with E-state index in [1.165, 1.54) is 19.3 Å². The molecule has 0 atom stereocenters. The van der Waals surface area contributed by atoms with Crippen LogP contribution in [0.5, 0.6) is 0 Å². The highest BCUT2D eigenvalue weighted by Crippen LogP contribution is 2.33. The standard InChI is InChI=1S/C11H22Cl2/c1-4-6-11(8-12,9-13)7-5-10(2)3/h10H,4-9H2,1-3H3. The Labute approximate surface area is 93.0 Å². The third-order valence-corrected chi connectivity index (χ3v) is 3.73. The summed E-state index contributed by atoms with van der Waals surface area (Å²) in [5, 5.41) is 0. The Morgan fingerprint density at radius 2 is 1.62 bits per heavy atom. The zero-order valence-electron chi connectivity index (χ0n) is 9.08. The third kappa shape index (κ3) is 5.12. The van der Waals surface area contributed by atoms with Gasteiger partial charge >= 0.3 is 0 Å². The minimum atomic E-state index is 0.197. The van der Waals surface area contributed by atoms with Gasteiger partial charge in [-0.05, 0) is 24.2 Å². The van der Waals surface area contributed by atoms with E-state index in [1.54, 1.807) is 0 Å². The molecule has 0 aromatic heterocycles. The van der Waals surface area contributed by atoms with Gasteiger partial charge in [-0.25, -0.2) is 0 Å². The first-order chi connectivity index (χ1) is 6.10. The summed E-state index contributed by atoms with van der Waals surface area (Å²) < 4.78 is 0. The highest BCUT2D eigenvalue weighted by molar-refractivity contribution is 6.21. The lowest BCUT2D eigenvalue weighted by molar-refractivity contribution is 0.289. The summed E-state index contributed by atoms with van der Waals surface area (Å²) in [4.78, 5) is 0. The fourth-order valence-electron chi connectivity index (χ4n) is 1.55. The molecule has 0 aliphatic rings. The predicted molar refractivity (Wildman–Crippen MR) is 62.9 cm³/mol. The fourth-order valence-corrected chi connectivity index (χ4v) is 2.37. The summed E-state index contributed by atoms with van der Waals surface area (Å²) in [6.07, 6.45) is 4.75. The predicted octanol–water partition coefficient (Wildman–Crippen LogP) is 4.69. The minimum absolute atomic E-state index is 0.197. The smallest absolute Gasteiger partial charge is 0.0291 e. The van der Waals surface area contributed by atoms with Crippen molar-refractivity contribution in [2.75, 3.05) is 11.8 Å². The van der Waals surface area contributed by atoms with Gasteiger partial charge in [0.1, 0.15) is 0 Å². The molecule has 0 saturated heterocycles. The van der Waals surface area contributed by atoms with E-state index >= 15 is 0 Å². The molecule has 2 heteroatoms. The second-order valence-corrected chi connectivity index (χ2v) is 4.98. The third-order valence-electron chi connectivity index (χ3n) is 2.60. The maximum absolute atomic E-state index is 6.00. The van der Waals surface area contributed by atoms with Gasteiger partial charge in [0.05, 0.1) is 0 Å². The zero-order chi connectivity index (χ0) is 10.3. The molecule has 0 aromatic rings. The molecule has 0 radical (unpaired) electrons. The van der Waals surface area contributed by atoms with Crippen molar-refractivity contribution in [2.45, 2.75) is 46.5 Å². The van der Waals surface area contributed by atoms with Crippen molar-refractivity contribution in [3.63, 3.8) is 0 Å². The monoisotopic (exact) mass is 224 g/mol. The molecule has 0 aromatic carbocycles. The largest absolute Gasteiger partial charge is 0.126 e. The van der Waals surface area contributed by atoms with E-state index in [-0.39, 0.29) is 5.41 Å². The highest BCUT2D eigenvalue weighted by Gasteiger charge is 2.26. The average molecular weight is 225 g/mol. The van der Waals surface area contributed by atoms with Crippen LogP contribution in [-0.4, -0.2) is 11.8 Å². The van der Waals surface area contributed by atoms with Gasteiger partial charge in [-0.1, -0.05) is 33.6 Å². The number of hydrogen-bond donors (Lipinski definition) is 0. The van der Waals surface area contributed by atoms with Crippen LogP contribution in [0.4, 0.5) is 0 Å². The maximum Gasteiger partial charge on any atom is 0.0291 e. The van der Waals surface area contributed by atoms with Crippen molar-refractivity contribution in [3.8, 4) is 0 Å². The molecule has 0 bridgehead atoms. The Bertz CT molecular complexity index is 117. The van der Waals surface area contributed by atoms with E-state index in [1.807, 2.05) is 0 Å². The van der Waals surface area contributed by atoms with Crippen molar-refractivity contribution in [1.82, 2.24) is 0 Å². The highest BCUT2D eigenvalue weighted by atomic mass is 35.5. The molecule has 0 fully saturated rings. The lowest BCUT2D eigenvalue weighted by Crippen LogP contribution is -2.25. The summed E-state index contributed by atoms with van der Waals surface area (Å²) in [6.45, 7) is 6.70. The Morgan fingerprint density at radius 1 is 1.08 bits per heavy atom. The molecule has 13 heavy (non-hydrogen) atoms. The van der Waals surface area contributed by atoms with Crippen molar-refractivity contribution < 1.29 is 0 Å². The lowest BCUT2D eigenvalue weighted by atomic mass is 9.81. The summed E-state index contributed by atoms with van der Waals surface area (Å²) >= 11 is 12.0. The van der Waals surface area contributed by atoms with E-state index in [0.29, 0.717) is 11.8 Å². The first kappa shape index (κ1) is 13.6. The molecule has 0 rings (SSSR count). The van der Waals surface area contributed by atoms with Crippen molar-refractivity contribution >= 4 is 23.2 Å². The number of halogens is 2. The normalized spacial score (nSPS) is 12.5. The zero-order valence-corrected chi connectivity index (χ0v) is 10.6. The van der Waals surface area contributed by atoms with Crippen LogP contribution in [0.25, 0.3) is 0 Å². The Hall–Kier alpha value is 0.580. The molecule has 0 amide bonds. The molecule has 0 N–H and O–H groups in total. The minimum Gasteiger partial charge on any atom is -0.126 e. The molecule has 0 nitrogen and oxygen atoms in total. The molecular formula is C11H22Cl2. The SMILES string of the molecule is CCCC(CCl)(CCl)CCC(C)C. The van der Waals surface area contributed by atoms with Gasteiger partial charge in [-0.15, -0.1) is 23.2 Å². The van der Waals surface area contributed by atoms with E-state index in [0.717, 1.165) is 12.3 Å². The van der Waals surface area contributed by atoms with Crippen molar-refractivity contribution in [1.29, 1.82) is 0 Å². The summed E-state index contributed by atoms with van der Waals surface area (Å²) in [6, 6.07) is 0. The van der Waals surface area contributed by atoms with Gasteiger partial charge in [-0.2, -0.15) is 0 Å². The molecule has 0 aliphatic carbocycles. The van der Waals surface area contributed by atoms with Gasteiger partial charge in [0, 0.05) is 11.8 Å². The molecule has 0 heterocycles. The lowest BCUT2D eigenvalue weighted by Gasteiger charge is -2.29. The van der Waals surface area contributed by atoms with Gasteiger partial charge in [0.2, 0.25) is 0 Å². The Morgan fingerprint density at radius 3 is 1.92 bits per heavy atom. The first-order valence-corrected chi connectivity index (χ1v) is 6.29. The Balaban J connectivity index is 4.04. The summed E-state index contributed by atoms with van der Waals surface area (Å²) in [5.41, 5.74) is 0.197. The van der Waals surface area contributed by atoms with Crippen LogP contribution >= 0.6 is 23.2 Å². The fraction of sp³-hybridized carbons (Fsp3) is 1.00.